The highest BCUT2D eigenvalue weighted by molar-refractivity contribution is 6.09. The van der Waals surface area contributed by atoms with Crippen LogP contribution in [0.4, 0.5) is 0 Å². The number of ketones is 1. The number of hydrogen-bond donors (Lipinski definition) is 0. The number of ether oxygens (including phenoxy) is 6. The van der Waals surface area contributed by atoms with Crippen molar-refractivity contribution in [2.45, 2.75) is 31.6 Å². The summed E-state index contributed by atoms with van der Waals surface area (Å²) >= 11 is 0. The molecule has 0 spiro atoms. The molecule has 1 heterocycles. The summed E-state index contributed by atoms with van der Waals surface area (Å²) in [6.07, 6.45) is 0.864. The van der Waals surface area contributed by atoms with Gasteiger partial charge in [0.25, 0.3) is 0 Å². The zero-order valence-electron chi connectivity index (χ0n) is 23.2. The van der Waals surface area contributed by atoms with Gasteiger partial charge in [-0.1, -0.05) is 12.1 Å². The van der Waals surface area contributed by atoms with E-state index in [1.165, 1.54) is 28.4 Å². The van der Waals surface area contributed by atoms with E-state index < -0.39 is 17.8 Å². The molecule has 0 fully saturated rings. The van der Waals surface area contributed by atoms with Gasteiger partial charge >= 0.3 is 5.97 Å². The Balaban J connectivity index is 1.82. The van der Waals surface area contributed by atoms with Crippen molar-refractivity contribution in [3.05, 3.63) is 58.8 Å². The maximum Gasteiger partial charge on any atom is 0.315 e. The monoisotopic (exact) mass is 537 g/mol. The molecule has 0 saturated heterocycles. The first-order valence-electron chi connectivity index (χ1n) is 12.8. The average molecular weight is 538 g/mol. The molecule has 2 aromatic rings. The SMILES string of the molecule is COCCOC(=O)C1C(C)=NC2=C(C(=O)C[C@@H](c3ccc(OC)cc3)C2)[C@H]1c1cc(OC)c(OC)c(OC)c1. The van der Waals surface area contributed by atoms with E-state index in [1.807, 2.05) is 24.3 Å². The predicted octanol–water partition coefficient (Wildman–Crippen LogP) is 4.49. The van der Waals surface area contributed by atoms with Crippen molar-refractivity contribution in [2.24, 2.45) is 10.9 Å². The highest BCUT2D eigenvalue weighted by atomic mass is 16.6. The molecule has 39 heavy (non-hydrogen) atoms. The van der Waals surface area contributed by atoms with Crippen molar-refractivity contribution in [2.75, 3.05) is 48.8 Å². The molecule has 9 nitrogen and oxygen atoms in total. The van der Waals surface area contributed by atoms with Crippen LogP contribution in [0.1, 0.15) is 42.7 Å². The first kappa shape index (κ1) is 28.2. The van der Waals surface area contributed by atoms with Crippen molar-refractivity contribution in [3.8, 4) is 23.0 Å². The maximum absolute atomic E-state index is 13.9. The number of rotatable bonds is 10. The van der Waals surface area contributed by atoms with Crippen molar-refractivity contribution in [1.29, 1.82) is 0 Å². The minimum Gasteiger partial charge on any atom is -0.497 e. The highest BCUT2D eigenvalue weighted by Gasteiger charge is 2.45. The maximum atomic E-state index is 13.9. The van der Waals surface area contributed by atoms with E-state index in [-0.39, 0.29) is 24.9 Å². The van der Waals surface area contributed by atoms with E-state index in [1.54, 1.807) is 26.2 Å². The largest absolute Gasteiger partial charge is 0.497 e. The van der Waals surface area contributed by atoms with Crippen LogP contribution < -0.4 is 18.9 Å². The topological polar surface area (TPSA) is 102 Å². The molecule has 1 aliphatic carbocycles. The van der Waals surface area contributed by atoms with Crippen LogP contribution in [0, 0.1) is 5.92 Å². The lowest BCUT2D eigenvalue weighted by molar-refractivity contribution is -0.147. The van der Waals surface area contributed by atoms with Gasteiger partial charge in [0.15, 0.2) is 17.3 Å². The molecule has 0 N–H and O–H groups in total. The van der Waals surface area contributed by atoms with E-state index in [0.29, 0.717) is 52.6 Å². The van der Waals surface area contributed by atoms with Crippen LogP contribution in [0.2, 0.25) is 0 Å². The van der Waals surface area contributed by atoms with Crippen molar-refractivity contribution in [1.82, 2.24) is 0 Å². The molecule has 4 rings (SSSR count). The summed E-state index contributed by atoms with van der Waals surface area (Å²) < 4.78 is 32.6. The molecule has 0 saturated carbocycles. The van der Waals surface area contributed by atoms with Crippen LogP contribution in [0.5, 0.6) is 23.0 Å². The summed E-state index contributed by atoms with van der Waals surface area (Å²) in [7, 11) is 7.74. The molecular formula is C30H35NO8. The minimum absolute atomic E-state index is 0.0375. The first-order chi connectivity index (χ1) is 18.9. The molecular weight excluding hydrogens is 502 g/mol. The Bertz CT molecular complexity index is 1260. The van der Waals surface area contributed by atoms with Gasteiger partial charge in [-0.2, -0.15) is 0 Å². The van der Waals surface area contributed by atoms with E-state index in [9.17, 15) is 9.59 Å². The number of Topliss-reactive ketones (excluding diaryl/α,β-unsaturated/α-hetero) is 1. The van der Waals surface area contributed by atoms with E-state index in [4.69, 9.17) is 33.4 Å². The van der Waals surface area contributed by atoms with Gasteiger partial charge in [0, 0.05) is 36.4 Å². The lowest BCUT2D eigenvalue weighted by Crippen LogP contribution is -2.38. The van der Waals surface area contributed by atoms with E-state index in [2.05, 4.69) is 0 Å². The molecule has 9 heteroatoms. The normalized spacial score (nSPS) is 20.6. The Morgan fingerprint density at radius 2 is 1.54 bits per heavy atom. The van der Waals surface area contributed by atoms with Crippen LogP contribution in [-0.2, 0) is 19.1 Å². The fourth-order valence-corrected chi connectivity index (χ4v) is 5.43. The van der Waals surface area contributed by atoms with Crippen LogP contribution in [0.25, 0.3) is 0 Å². The van der Waals surface area contributed by atoms with Gasteiger partial charge in [0.1, 0.15) is 18.3 Å². The molecule has 2 aliphatic rings. The third-order valence-corrected chi connectivity index (χ3v) is 7.31. The molecule has 0 bridgehead atoms. The van der Waals surface area contributed by atoms with E-state index in [0.717, 1.165) is 11.3 Å². The summed E-state index contributed by atoms with van der Waals surface area (Å²) in [5.41, 5.74) is 3.50. The van der Waals surface area contributed by atoms with Crippen LogP contribution in [0.3, 0.4) is 0 Å². The third kappa shape index (κ3) is 5.63. The zero-order valence-corrected chi connectivity index (χ0v) is 23.2. The molecule has 2 aromatic carbocycles. The molecule has 208 valence electrons. The fraction of sp³-hybridized carbons (Fsp3) is 0.433. The Morgan fingerprint density at radius 1 is 0.872 bits per heavy atom. The molecule has 1 unspecified atom stereocenters. The zero-order chi connectivity index (χ0) is 28.1. The predicted molar refractivity (Wildman–Crippen MR) is 145 cm³/mol. The average Bonchev–Trinajstić information content (AvgIpc) is 2.95. The van der Waals surface area contributed by atoms with Gasteiger partial charge in [-0.25, -0.2) is 0 Å². The third-order valence-electron chi connectivity index (χ3n) is 7.31. The highest BCUT2D eigenvalue weighted by Crippen LogP contribution is 2.49. The number of nitrogens with zero attached hydrogens (tertiary/aromatic N) is 1. The van der Waals surface area contributed by atoms with Crippen molar-refractivity contribution >= 4 is 17.5 Å². The second-order valence-electron chi connectivity index (χ2n) is 9.49. The minimum atomic E-state index is -0.801. The molecule has 1 aliphatic heterocycles. The second-order valence-corrected chi connectivity index (χ2v) is 9.49. The second kappa shape index (κ2) is 12.3. The van der Waals surface area contributed by atoms with Gasteiger partial charge in [-0.3, -0.25) is 14.6 Å². The number of hydrogen-bond acceptors (Lipinski definition) is 9. The standard InChI is InChI=1S/C30H35NO8/c1-17-26(30(33)39-12-11-34-2)27(20-15-24(36-4)29(38-6)25(16-20)37-5)28-22(31-17)13-19(14-23(28)32)18-7-9-21(35-3)10-8-18/h7-10,15-16,19,26-27H,11-14H2,1-6H3/t19-,26?,27-/m0/s1. The number of esters is 1. The number of allylic oxidation sites excluding steroid dienone is 2. The summed E-state index contributed by atoms with van der Waals surface area (Å²) in [6.45, 7) is 2.17. The number of carbonyl (C=O) groups is 2. The van der Waals surface area contributed by atoms with Crippen LogP contribution in [-0.4, -0.2) is 66.2 Å². The summed E-state index contributed by atoms with van der Waals surface area (Å²) in [5.74, 6) is 0.0444. The number of carbonyl (C=O) groups excluding carboxylic acids is 2. The Hall–Kier alpha value is -3.85. The van der Waals surface area contributed by atoms with Gasteiger partial charge in [0.05, 0.1) is 35.0 Å². The molecule has 0 radical (unpaired) electrons. The van der Waals surface area contributed by atoms with Crippen LogP contribution >= 0.6 is 0 Å². The number of benzene rings is 2. The lowest BCUT2D eigenvalue weighted by atomic mass is 9.69. The summed E-state index contributed by atoms with van der Waals surface area (Å²) in [4.78, 5) is 32.1. The molecule has 3 atom stereocenters. The Labute approximate surface area is 228 Å². The van der Waals surface area contributed by atoms with Crippen LogP contribution in [0.15, 0.2) is 52.7 Å². The van der Waals surface area contributed by atoms with Gasteiger partial charge in [-0.15, -0.1) is 0 Å². The smallest absolute Gasteiger partial charge is 0.315 e. The summed E-state index contributed by atoms with van der Waals surface area (Å²) in [6, 6.07) is 11.3. The fourth-order valence-electron chi connectivity index (χ4n) is 5.43. The van der Waals surface area contributed by atoms with E-state index >= 15 is 0 Å². The number of aliphatic imine (C=N–C) groups is 1. The molecule has 0 aromatic heterocycles. The first-order valence-corrected chi connectivity index (χ1v) is 12.8. The number of methoxy groups -OCH3 is 5. The van der Waals surface area contributed by atoms with Crippen molar-refractivity contribution in [3.63, 3.8) is 0 Å². The van der Waals surface area contributed by atoms with Gasteiger partial charge in [0.2, 0.25) is 5.75 Å². The molecule has 0 amide bonds. The Morgan fingerprint density at radius 3 is 2.10 bits per heavy atom. The van der Waals surface area contributed by atoms with Crippen molar-refractivity contribution < 1.29 is 38.0 Å². The van der Waals surface area contributed by atoms with Gasteiger partial charge < -0.3 is 28.4 Å². The lowest BCUT2D eigenvalue weighted by Gasteiger charge is -2.36. The Kier molecular flexibility index (Phi) is 8.91. The summed E-state index contributed by atoms with van der Waals surface area (Å²) in [5, 5.41) is 0. The quantitative estimate of drug-likeness (QED) is 0.323. The van der Waals surface area contributed by atoms with Gasteiger partial charge in [-0.05, 0) is 54.7 Å².